The second-order valence-electron chi connectivity index (χ2n) is 5.72. The lowest BCUT2D eigenvalue weighted by Gasteiger charge is -2.15. The smallest absolute Gasteiger partial charge is 0.124 e. The predicted octanol–water partition coefficient (Wildman–Crippen LogP) is 4.54. The molecule has 0 amide bonds. The van der Waals surface area contributed by atoms with Gasteiger partial charge in [0, 0.05) is 16.1 Å². The summed E-state index contributed by atoms with van der Waals surface area (Å²) >= 11 is 3.48. The minimum atomic E-state index is -0.0440. The molecule has 1 aliphatic carbocycles. The first-order valence-electron chi connectivity index (χ1n) is 7.42. The largest absolute Gasteiger partial charge is 0.489 e. The van der Waals surface area contributed by atoms with Crippen molar-refractivity contribution >= 4 is 15.9 Å². The molecule has 2 nitrogen and oxygen atoms in total. The Morgan fingerprint density at radius 3 is 2.76 bits per heavy atom. The van der Waals surface area contributed by atoms with Crippen LogP contribution >= 0.6 is 15.9 Å². The van der Waals surface area contributed by atoms with Gasteiger partial charge in [0.1, 0.15) is 12.4 Å². The van der Waals surface area contributed by atoms with Crippen molar-refractivity contribution in [3.63, 3.8) is 0 Å². The minimum Gasteiger partial charge on any atom is -0.489 e. The van der Waals surface area contributed by atoms with Gasteiger partial charge in [-0.2, -0.15) is 0 Å². The van der Waals surface area contributed by atoms with Crippen LogP contribution in [-0.2, 0) is 19.4 Å². The molecule has 0 bridgehead atoms. The van der Waals surface area contributed by atoms with Gasteiger partial charge >= 0.3 is 0 Å². The van der Waals surface area contributed by atoms with Gasteiger partial charge in [-0.25, -0.2) is 0 Å². The van der Waals surface area contributed by atoms with E-state index in [0.717, 1.165) is 15.8 Å². The van der Waals surface area contributed by atoms with Gasteiger partial charge in [0.15, 0.2) is 0 Å². The third-order valence-electron chi connectivity index (χ3n) is 4.02. The fourth-order valence-electron chi connectivity index (χ4n) is 2.88. The number of ether oxygens (including phenoxy) is 1. The SMILES string of the molecule is C[C@H](N)c1cc(Br)ccc1OCc1ccc2c(c1)CCC2. The number of halogens is 1. The molecular weight excluding hydrogens is 326 g/mol. The van der Waals surface area contributed by atoms with E-state index < -0.39 is 0 Å². The van der Waals surface area contributed by atoms with Crippen molar-refractivity contribution in [1.29, 1.82) is 0 Å². The van der Waals surface area contributed by atoms with Gasteiger partial charge in [-0.3, -0.25) is 0 Å². The number of fused-ring (bicyclic) bond motifs is 1. The van der Waals surface area contributed by atoms with Crippen molar-refractivity contribution in [3.8, 4) is 5.75 Å². The molecule has 0 spiro atoms. The summed E-state index contributed by atoms with van der Waals surface area (Å²) in [4.78, 5) is 0. The second kappa shape index (κ2) is 6.20. The first-order chi connectivity index (χ1) is 10.1. The van der Waals surface area contributed by atoms with Crippen molar-refractivity contribution in [2.75, 3.05) is 0 Å². The highest BCUT2D eigenvalue weighted by Gasteiger charge is 2.12. The number of hydrogen-bond acceptors (Lipinski definition) is 2. The van der Waals surface area contributed by atoms with Crippen LogP contribution in [0.2, 0.25) is 0 Å². The van der Waals surface area contributed by atoms with Crippen LogP contribution in [0.5, 0.6) is 5.75 Å². The zero-order valence-corrected chi connectivity index (χ0v) is 13.8. The average molecular weight is 346 g/mol. The van der Waals surface area contributed by atoms with Gasteiger partial charge in [-0.1, -0.05) is 34.1 Å². The van der Waals surface area contributed by atoms with E-state index in [0.29, 0.717) is 6.61 Å². The summed E-state index contributed by atoms with van der Waals surface area (Å²) in [5, 5.41) is 0. The van der Waals surface area contributed by atoms with Crippen LogP contribution in [0.3, 0.4) is 0 Å². The van der Waals surface area contributed by atoms with Gasteiger partial charge in [0.25, 0.3) is 0 Å². The molecule has 2 N–H and O–H groups in total. The predicted molar refractivity (Wildman–Crippen MR) is 89.5 cm³/mol. The Bertz CT molecular complexity index is 652. The maximum Gasteiger partial charge on any atom is 0.124 e. The van der Waals surface area contributed by atoms with E-state index >= 15 is 0 Å². The summed E-state index contributed by atoms with van der Waals surface area (Å²) in [5.74, 6) is 0.869. The highest BCUT2D eigenvalue weighted by Crippen LogP contribution is 2.29. The van der Waals surface area contributed by atoms with Gasteiger partial charge in [-0.15, -0.1) is 0 Å². The monoisotopic (exact) mass is 345 g/mol. The molecular formula is C18H20BrNO. The molecule has 0 fully saturated rings. The number of benzene rings is 2. The molecule has 3 heteroatoms. The van der Waals surface area contributed by atoms with E-state index in [1.54, 1.807) is 0 Å². The lowest BCUT2D eigenvalue weighted by atomic mass is 10.1. The molecule has 21 heavy (non-hydrogen) atoms. The normalized spacial score (nSPS) is 14.8. The Kier molecular flexibility index (Phi) is 4.32. The summed E-state index contributed by atoms with van der Waals surface area (Å²) in [6.45, 7) is 2.57. The van der Waals surface area contributed by atoms with Gasteiger partial charge in [0.2, 0.25) is 0 Å². The molecule has 0 saturated heterocycles. The quantitative estimate of drug-likeness (QED) is 0.882. The zero-order chi connectivity index (χ0) is 14.8. The van der Waals surface area contributed by atoms with Crippen molar-refractivity contribution < 1.29 is 4.74 Å². The van der Waals surface area contributed by atoms with Crippen LogP contribution in [0.1, 0.15) is 41.6 Å². The van der Waals surface area contributed by atoms with Crippen molar-refractivity contribution in [3.05, 3.63) is 63.1 Å². The summed E-state index contributed by atoms with van der Waals surface area (Å²) in [7, 11) is 0. The van der Waals surface area contributed by atoms with Gasteiger partial charge in [0.05, 0.1) is 0 Å². The van der Waals surface area contributed by atoms with E-state index in [1.807, 2.05) is 25.1 Å². The summed E-state index contributed by atoms with van der Waals surface area (Å²) < 4.78 is 7.03. The topological polar surface area (TPSA) is 35.2 Å². The van der Waals surface area contributed by atoms with Crippen LogP contribution in [0.15, 0.2) is 40.9 Å². The minimum absolute atomic E-state index is 0.0440. The van der Waals surface area contributed by atoms with Crippen LogP contribution in [0, 0.1) is 0 Å². The number of hydrogen-bond donors (Lipinski definition) is 1. The molecule has 1 atom stereocenters. The molecule has 110 valence electrons. The molecule has 0 heterocycles. The Morgan fingerprint density at radius 1 is 1.14 bits per heavy atom. The van der Waals surface area contributed by atoms with Crippen LogP contribution in [0.25, 0.3) is 0 Å². The summed E-state index contributed by atoms with van der Waals surface area (Å²) in [5.41, 5.74) is 11.3. The summed E-state index contributed by atoms with van der Waals surface area (Å²) in [6.07, 6.45) is 3.70. The molecule has 3 rings (SSSR count). The first kappa shape index (κ1) is 14.6. The Labute approximate surface area is 134 Å². The highest BCUT2D eigenvalue weighted by atomic mass is 79.9. The Balaban J connectivity index is 1.76. The van der Waals surface area contributed by atoms with E-state index in [2.05, 4.69) is 34.1 Å². The van der Waals surface area contributed by atoms with Crippen molar-refractivity contribution in [2.24, 2.45) is 5.73 Å². The average Bonchev–Trinajstić information content (AvgIpc) is 2.93. The van der Waals surface area contributed by atoms with E-state index in [1.165, 1.54) is 36.0 Å². The Hall–Kier alpha value is -1.32. The second-order valence-corrected chi connectivity index (χ2v) is 6.63. The highest BCUT2D eigenvalue weighted by molar-refractivity contribution is 9.10. The van der Waals surface area contributed by atoms with Crippen LogP contribution in [-0.4, -0.2) is 0 Å². The maximum absolute atomic E-state index is 6.03. The van der Waals surface area contributed by atoms with Gasteiger partial charge < -0.3 is 10.5 Å². The Morgan fingerprint density at radius 2 is 1.95 bits per heavy atom. The third kappa shape index (κ3) is 3.30. The first-order valence-corrected chi connectivity index (χ1v) is 8.21. The van der Waals surface area contributed by atoms with Gasteiger partial charge in [-0.05, 0) is 61.1 Å². The molecule has 0 aromatic heterocycles. The van der Waals surface area contributed by atoms with Crippen molar-refractivity contribution in [1.82, 2.24) is 0 Å². The lowest BCUT2D eigenvalue weighted by Crippen LogP contribution is -2.08. The summed E-state index contributed by atoms with van der Waals surface area (Å²) in [6, 6.07) is 12.7. The number of nitrogens with two attached hydrogens (primary N) is 1. The molecule has 0 aliphatic heterocycles. The van der Waals surface area contributed by atoms with Crippen molar-refractivity contribution in [2.45, 2.75) is 38.8 Å². The number of rotatable bonds is 4. The number of aryl methyl sites for hydroxylation is 2. The molecule has 0 unspecified atom stereocenters. The van der Waals surface area contributed by atoms with Crippen LogP contribution in [0.4, 0.5) is 0 Å². The third-order valence-corrected chi connectivity index (χ3v) is 4.51. The molecule has 2 aromatic carbocycles. The molecule has 2 aromatic rings. The van der Waals surface area contributed by atoms with E-state index in [4.69, 9.17) is 10.5 Å². The fourth-order valence-corrected chi connectivity index (χ4v) is 3.26. The van der Waals surface area contributed by atoms with E-state index in [9.17, 15) is 0 Å². The molecule has 0 saturated carbocycles. The zero-order valence-electron chi connectivity index (χ0n) is 12.2. The standard InChI is InChI=1S/C18H20BrNO/c1-12(20)17-10-16(19)7-8-18(17)21-11-13-5-6-14-3-2-4-15(14)9-13/h5-10,12H,2-4,11,20H2,1H3/t12-/m0/s1. The van der Waals surface area contributed by atoms with E-state index in [-0.39, 0.29) is 6.04 Å². The van der Waals surface area contributed by atoms with Crippen LogP contribution < -0.4 is 10.5 Å². The fraction of sp³-hybridized carbons (Fsp3) is 0.333. The molecule has 1 aliphatic rings. The maximum atomic E-state index is 6.03. The molecule has 0 radical (unpaired) electrons. The lowest BCUT2D eigenvalue weighted by molar-refractivity contribution is 0.301.